The molecule has 2 aromatic carbocycles. The lowest BCUT2D eigenvalue weighted by molar-refractivity contribution is 0.126. The summed E-state index contributed by atoms with van der Waals surface area (Å²) in [5, 5.41) is 0. The fourth-order valence-electron chi connectivity index (χ4n) is 5.02. The molecular formula is C28H32FN3O3. The Hall–Kier alpha value is -3.16. The van der Waals surface area contributed by atoms with Crippen molar-refractivity contribution in [2.75, 3.05) is 46.6 Å². The van der Waals surface area contributed by atoms with Crippen molar-refractivity contribution in [2.45, 2.75) is 18.9 Å². The quantitative estimate of drug-likeness (QED) is 0.443. The summed E-state index contributed by atoms with van der Waals surface area (Å²) in [4.78, 5) is 9.49. The largest absolute Gasteiger partial charge is 0.489 e. The zero-order chi connectivity index (χ0) is 24.0. The van der Waals surface area contributed by atoms with Crippen LogP contribution in [-0.4, -0.2) is 61.4 Å². The van der Waals surface area contributed by atoms with Gasteiger partial charge in [0.2, 0.25) is 6.79 Å². The second-order valence-corrected chi connectivity index (χ2v) is 9.27. The van der Waals surface area contributed by atoms with Crippen LogP contribution in [0.4, 0.5) is 4.39 Å². The van der Waals surface area contributed by atoms with Gasteiger partial charge >= 0.3 is 0 Å². The predicted molar refractivity (Wildman–Crippen MR) is 132 cm³/mol. The number of hydrogen-bond acceptors (Lipinski definition) is 6. The van der Waals surface area contributed by atoms with Crippen LogP contribution in [0.2, 0.25) is 0 Å². The van der Waals surface area contributed by atoms with Crippen molar-refractivity contribution in [1.29, 1.82) is 0 Å². The Balaban J connectivity index is 1.17. The van der Waals surface area contributed by atoms with Gasteiger partial charge in [-0.1, -0.05) is 24.3 Å². The lowest BCUT2D eigenvalue weighted by Gasteiger charge is -2.36. The van der Waals surface area contributed by atoms with Crippen LogP contribution in [0.5, 0.6) is 17.2 Å². The van der Waals surface area contributed by atoms with Gasteiger partial charge in [0.15, 0.2) is 23.1 Å². The van der Waals surface area contributed by atoms with Crippen LogP contribution in [0.15, 0.2) is 66.9 Å². The van der Waals surface area contributed by atoms with Gasteiger partial charge in [-0.15, -0.1) is 0 Å². The van der Waals surface area contributed by atoms with Gasteiger partial charge in [-0.2, -0.15) is 0 Å². The molecule has 2 aliphatic heterocycles. The van der Waals surface area contributed by atoms with Crippen LogP contribution in [0.3, 0.4) is 0 Å². The number of pyridine rings is 1. The first-order valence-corrected chi connectivity index (χ1v) is 12.3. The number of likely N-dealkylation sites (tertiary alicyclic amines) is 1. The normalized spacial score (nSPS) is 17.0. The van der Waals surface area contributed by atoms with E-state index in [4.69, 9.17) is 14.2 Å². The van der Waals surface area contributed by atoms with Crippen LogP contribution in [0, 0.1) is 11.7 Å². The second-order valence-electron chi connectivity index (χ2n) is 9.27. The number of rotatable bonds is 9. The fraction of sp³-hybridized carbons (Fsp3) is 0.393. The van der Waals surface area contributed by atoms with E-state index < -0.39 is 0 Å². The maximum atomic E-state index is 13.7. The first-order valence-electron chi connectivity index (χ1n) is 12.3. The highest BCUT2D eigenvalue weighted by atomic mass is 19.1. The van der Waals surface area contributed by atoms with Crippen molar-refractivity contribution in [3.05, 3.63) is 83.9 Å². The highest BCUT2D eigenvalue weighted by molar-refractivity contribution is 5.46. The molecule has 3 heterocycles. The van der Waals surface area contributed by atoms with E-state index in [2.05, 4.69) is 40.0 Å². The third-order valence-electron chi connectivity index (χ3n) is 6.88. The molecule has 184 valence electrons. The molecule has 1 fully saturated rings. The maximum absolute atomic E-state index is 13.7. The van der Waals surface area contributed by atoms with Crippen LogP contribution < -0.4 is 14.2 Å². The molecule has 1 atom stereocenters. The summed E-state index contributed by atoms with van der Waals surface area (Å²) in [5.41, 5.74) is 2.18. The summed E-state index contributed by atoms with van der Waals surface area (Å²) in [5.74, 6) is 2.21. The zero-order valence-electron chi connectivity index (χ0n) is 20.1. The average Bonchev–Trinajstić information content (AvgIpc) is 3.35. The Morgan fingerprint density at radius 1 is 1.06 bits per heavy atom. The van der Waals surface area contributed by atoms with Gasteiger partial charge in [0, 0.05) is 19.3 Å². The standard InChI is InChI=1S/C28H32FN3O3/c1-31(19-21-11-14-32(15-12-21)16-17-33-25-8-3-2-6-23(25)29)28(24-7-4-5-13-30-24)22-9-10-26-27(18-22)35-20-34-26/h2-10,13,18,21,28H,11-12,14-17,19-20H2,1H3/t28-/m0/s1. The monoisotopic (exact) mass is 477 g/mol. The van der Waals surface area contributed by atoms with Crippen molar-refractivity contribution in [3.63, 3.8) is 0 Å². The zero-order valence-corrected chi connectivity index (χ0v) is 20.1. The van der Waals surface area contributed by atoms with Gasteiger partial charge in [-0.05, 0) is 80.9 Å². The van der Waals surface area contributed by atoms with E-state index in [1.54, 1.807) is 18.2 Å². The van der Waals surface area contributed by atoms with Crippen molar-refractivity contribution in [3.8, 4) is 17.2 Å². The smallest absolute Gasteiger partial charge is 0.231 e. The van der Waals surface area contributed by atoms with Crippen LogP contribution in [0.1, 0.15) is 30.1 Å². The Labute approximate surface area is 206 Å². The Kier molecular flexibility index (Phi) is 7.45. The molecule has 1 aromatic heterocycles. The summed E-state index contributed by atoms with van der Waals surface area (Å²) < 4.78 is 30.5. The number of hydrogen-bond donors (Lipinski definition) is 0. The Bertz CT molecular complexity index is 1110. The van der Waals surface area contributed by atoms with E-state index in [1.807, 2.05) is 24.4 Å². The van der Waals surface area contributed by atoms with Gasteiger partial charge in [0.25, 0.3) is 0 Å². The van der Waals surface area contributed by atoms with E-state index >= 15 is 0 Å². The number of fused-ring (bicyclic) bond motifs is 1. The molecule has 35 heavy (non-hydrogen) atoms. The molecule has 6 nitrogen and oxygen atoms in total. The van der Waals surface area contributed by atoms with Crippen molar-refractivity contribution < 1.29 is 18.6 Å². The second kappa shape index (κ2) is 11.1. The maximum Gasteiger partial charge on any atom is 0.231 e. The summed E-state index contributed by atoms with van der Waals surface area (Å²) in [6, 6.07) is 18.9. The lowest BCUT2D eigenvalue weighted by Crippen LogP contribution is -2.40. The van der Waals surface area contributed by atoms with Gasteiger partial charge in [0.05, 0.1) is 11.7 Å². The molecule has 0 unspecified atom stereocenters. The number of piperidine rings is 1. The minimum Gasteiger partial charge on any atom is -0.489 e. The molecule has 0 bridgehead atoms. The number of benzene rings is 2. The lowest BCUT2D eigenvalue weighted by atomic mass is 9.94. The van der Waals surface area contributed by atoms with E-state index in [0.29, 0.717) is 18.3 Å². The number of para-hydroxylation sites is 1. The summed E-state index contributed by atoms with van der Waals surface area (Å²) in [6.07, 6.45) is 4.10. The van der Waals surface area contributed by atoms with Gasteiger partial charge in [0.1, 0.15) is 6.61 Å². The third-order valence-corrected chi connectivity index (χ3v) is 6.88. The first kappa shape index (κ1) is 23.6. The van der Waals surface area contributed by atoms with E-state index in [1.165, 1.54) is 6.07 Å². The number of aromatic nitrogens is 1. The number of nitrogens with zero attached hydrogens (tertiary/aromatic N) is 3. The molecule has 1 saturated heterocycles. The minimum atomic E-state index is -0.306. The van der Waals surface area contributed by atoms with Gasteiger partial charge in [-0.3, -0.25) is 14.8 Å². The molecule has 5 rings (SSSR count). The number of halogens is 1. The van der Waals surface area contributed by atoms with Crippen LogP contribution >= 0.6 is 0 Å². The molecule has 0 aliphatic carbocycles. The topological polar surface area (TPSA) is 47.1 Å². The molecule has 7 heteroatoms. The summed E-state index contributed by atoms with van der Waals surface area (Å²) in [7, 11) is 2.18. The Morgan fingerprint density at radius 3 is 2.66 bits per heavy atom. The summed E-state index contributed by atoms with van der Waals surface area (Å²) >= 11 is 0. The van der Waals surface area contributed by atoms with E-state index in [0.717, 1.165) is 61.8 Å². The Morgan fingerprint density at radius 2 is 1.86 bits per heavy atom. The number of ether oxygens (including phenoxy) is 3. The minimum absolute atomic E-state index is 0.0397. The van der Waals surface area contributed by atoms with Gasteiger partial charge in [-0.25, -0.2) is 4.39 Å². The SMILES string of the molecule is CN(CC1CCN(CCOc2ccccc2F)CC1)[C@@H](c1ccc2c(c1)OCO2)c1ccccn1. The molecule has 0 spiro atoms. The molecular weight excluding hydrogens is 445 g/mol. The highest BCUT2D eigenvalue weighted by Gasteiger charge is 2.27. The van der Waals surface area contributed by atoms with E-state index in [-0.39, 0.29) is 18.7 Å². The molecule has 0 amide bonds. The molecule has 0 radical (unpaired) electrons. The molecule has 0 N–H and O–H groups in total. The van der Waals surface area contributed by atoms with Crippen molar-refractivity contribution >= 4 is 0 Å². The van der Waals surface area contributed by atoms with Crippen LogP contribution in [0.25, 0.3) is 0 Å². The highest BCUT2D eigenvalue weighted by Crippen LogP contribution is 2.37. The van der Waals surface area contributed by atoms with Crippen molar-refractivity contribution in [2.24, 2.45) is 5.92 Å². The van der Waals surface area contributed by atoms with Gasteiger partial charge < -0.3 is 14.2 Å². The summed E-state index contributed by atoms with van der Waals surface area (Å²) in [6.45, 7) is 4.61. The average molecular weight is 478 g/mol. The molecule has 0 saturated carbocycles. The van der Waals surface area contributed by atoms with Crippen molar-refractivity contribution in [1.82, 2.24) is 14.8 Å². The molecule has 2 aliphatic rings. The third kappa shape index (κ3) is 5.74. The fourth-order valence-corrected chi connectivity index (χ4v) is 5.02. The van der Waals surface area contributed by atoms with E-state index in [9.17, 15) is 4.39 Å². The van der Waals surface area contributed by atoms with Crippen LogP contribution in [-0.2, 0) is 0 Å². The first-order chi connectivity index (χ1) is 17.2. The molecule has 3 aromatic rings. The predicted octanol–water partition coefficient (Wildman–Crippen LogP) is 4.76.